The molecule has 29 heavy (non-hydrogen) atoms. The van der Waals surface area contributed by atoms with Crippen molar-refractivity contribution in [1.82, 2.24) is 25.2 Å². The number of hydrogen-bond acceptors (Lipinski definition) is 3. The monoisotopic (exact) mass is 506 g/mol. The number of hydrogen-bond donors (Lipinski definition) is 2. The Morgan fingerprint density at radius 3 is 2.66 bits per heavy atom. The standard InChI is InChI=1S/C21H23FN6.HI/c1-23-20(27-14-21(8-9-21)17-4-2-3-5-18(17)22)26-13-16-6-7-19(25-12-16)28-11-10-24-15-28;/h2-7,10-12,15H,8-9,13-14H2,1H3,(H2,23,26,27);1H. The fourth-order valence-corrected chi connectivity index (χ4v) is 3.31. The van der Waals surface area contributed by atoms with Crippen LogP contribution in [0.15, 0.2) is 66.3 Å². The summed E-state index contributed by atoms with van der Waals surface area (Å²) in [7, 11) is 1.73. The van der Waals surface area contributed by atoms with Crippen molar-refractivity contribution in [2.75, 3.05) is 13.6 Å². The number of aliphatic imine (C=N–C) groups is 1. The summed E-state index contributed by atoms with van der Waals surface area (Å²) < 4.78 is 16.0. The Hall–Kier alpha value is -2.49. The highest BCUT2D eigenvalue weighted by Gasteiger charge is 2.45. The average molecular weight is 506 g/mol. The highest BCUT2D eigenvalue weighted by molar-refractivity contribution is 14.0. The van der Waals surface area contributed by atoms with Crippen LogP contribution in [0.2, 0.25) is 0 Å². The van der Waals surface area contributed by atoms with Gasteiger partial charge in [-0.3, -0.25) is 9.56 Å². The highest BCUT2D eigenvalue weighted by atomic mass is 127. The van der Waals surface area contributed by atoms with Gasteiger partial charge in [0.1, 0.15) is 18.0 Å². The van der Waals surface area contributed by atoms with Gasteiger partial charge in [0, 0.05) is 44.1 Å². The lowest BCUT2D eigenvalue weighted by molar-refractivity contribution is 0.559. The molecule has 3 aromatic rings. The Balaban J connectivity index is 0.00000240. The van der Waals surface area contributed by atoms with E-state index in [0.29, 0.717) is 19.0 Å². The minimum Gasteiger partial charge on any atom is -0.356 e. The quantitative estimate of drug-likeness (QED) is 0.306. The lowest BCUT2D eigenvalue weighted by atomic mass is 9.95. The molecule has 0 radical (unpaired) electrons. The van der Waals surface area contributed by atoms with Crippen LogP contribution in [-0.4, -0.2) is 34.1 Å². The van der Waals surface area contributed by atoms with Crippen molar-refractivity contribution in [2.45, 2.75) is 24.8 Å². The third-order valence-electron chi connectivity index (χ3n) is 5.15. The van der Waals surface area contributed by atoms with Gasteiger partial charge < -0.3 is 10.6 Å². The predicted molar refractivity (Wildman–Crippen MR) is 122 cm³/mol. The summed E-state index contributed by atoms with van der Waals surface area (Å²) in [5.74, 6) is 1.39. The van der Waals surface area contributed by atoms with E-state index in [-0.39, 0.29) is 35.2 Å². The van der Waals surface area contributed by atoms with Crippen molar-refractivity contribution in [1.29, 1.82) is 0 Å². The molecule has 0 spiro atoms. The number of rotatable bonds is 6. The Kier molecular flexibility index (Phi) is 6.83. The molecule has 0 saturated heterocycles. The zero-order valence-corrected chi connectivity index (χ0v) is 18.5. The first kappa shape index (κ1) is 21.2. The van der Waals surface area contributed by atoms with Gasteiger partial charge in [0.05, 0.1) is 0 Å². The van der Waals surface area contributed by atoms with Crippen LogP contribution in [0.1, 0.15) is 24.0 Å². The Morgan fingerprint density at radius 2 is 2.03 bits per heavy atom. The van der Waals surface area contributed by atoms with Crippen molar-refractivity contribution in [3.8, 4) is 5.82 Å². The number of benzene rings is 1. The lowest BCUT2D eigenvalue weighted by Crippen LogP contribution is -2.41. The van der Waals surface area contributed by atoms with Gasteiger partial charge in [-0.15, -0.1) is 24.0 Å². The molecule has 1 fully saturated rings. The number of aromatic nitrogens is 3. The first-order valence-corrected chi connectivity index (χ1v) is 9.33. The molecule has 0 aliphatic heterocycles. The molecule has 2 N–H and O–H groups in total. The van der Waals surface area contributed by atoms with Crippen LogP contribution in [-0.2, 0) is 12.0 Å². The molecule has 152 valence electrons. The van der Waals surface area contributed by atoms with E-state index in [9.17, 15) is 4.39 Å². The van der Waals surface area contributed by atoms with E-state index in [2.05, 4.69) is 25.6 Å². The van der Waals surface area contributed by atoms with Gasteiger partial charge in [-0.25, -0.2) is 14.4 Å². The molecule has 1 aromatic carbocycles. The molecule has 1 aliphatic rings. The fraction of sp³-hybridized carbons (Fsp3) is 0.286. The molecule has 1 saturated carbocycles. The van der Waals surface area contributed by atoms with E-state index in [1.165, 1.54) is 6.07 Å². The number of nitrogens with one attached hydrogen (secondary N) is 2. The SMILES string of the molecule is CN=C(NCc1ccc(-n2ccnc2)nc1)NCC1(c2ccccc2F)CC1.I. The van der Waals surface area contributed by atoms with Crippen molar-refractivity contribution >= 4 is 29.9 Å². The smallest absolute Gasteiger partial charge is 0.191 e. The topological polar surface area (TPSA) is 67.1 Å². The number of halogens is 2. The molecule has 2 heterocycles. The van der Waals surface area contributed by atoms with Gasteiger partial charge >= 0.3 is 0 Å². The van der Waals surface area contributed by atoms with Crippen LogP contribution in [0, 0.1) is 5.82 Å². The van der Waals surface area contributed by atoms with Crippen LogP contribution in [0.3, 0.4) is 0 Å². The van der Waals surface area contributed by atoms with E-state index in [1.54, 1.807) is 25.6 Å². The van der Waals surface area contributed by atoms with E-state index in [4.69, 9.17) is 0 Å². The zero-order chi connectivity index (χ0) is 19.4. The second kappa shape index (κ2) is 9.34. The maximum absolute atomic E-state index is 14.1. The van der Waals surface area contributed by atoms with Crippen molar-refractivity contribution in [3.05, 3.63) is 78.3 Å². The number of nitrogens with zero attached hydrogens (tertiary/aromatic N) is 4. The number of pyridine rings is 1. The second-order valence-electron chi connectivity index (χ2n) is 7.03. The average Bonchev–Trinajstić information content (AvgIpc) is 3.31. The number of imidazole rings is 1. The molecule has 0 amide bonds. The molecule has 4 rings (SSSR count). The first-order valence-electron chi connectivity index (χ1n) is 9.33. The van der Waals surface area contributed by atoms with Gasteiger partial charge in [-0.05, 0) is 36.1 Å². The molecule has 6 nitrogen and oxygen atoms in total. The summed E-state index contributed by atoms with van der Waals surface area (Å²) in [6, 6.07) is 11.0. The molecule has 1 aliphatic carbocycles. The third-order valence-corrected chi connectivity index (χ3v) is 5.15. The third kappa shape index (κ3) is 4.92. The van der Waals surface area contributed by atoms with Gasteiger partial charge in [0.25, 0.3) is 0 Å². The lowest BCUT2D eigenvalue weighted by Gasteiger charge is -2.19. The summed E-state index contributed by atoms with van der Waals surface area (Å²) in [4.78, 5) is 12.8. The molecule has 0 atom stereocenters. The van der Waals surface area contributed by atoms with Gasteiger partial charge in [0.15, 0.2) is 5.96 Å². The highest BCUT2D eigenvalue weighted by Crippen LogP contribution is 2.48. The van der Waals surface area contributed by atoms with Crippen LogP contribution < -0.4 is 10.6 Å². The second-order valence-corrected chi connectivity index (χ2v) is 7.03. The Labute approximate surface area is 186 Å². The van der Waals surface area contributed by atoms with E-state index >= 15 is 0 Å². The van der Waals surface area contributed by atoms with Crippen LogP contribution in [0.4, 0.5) is 4.39 Å². The molecule has 0 unspecified atom stereocenters. The van der Waals surface area contributed by atoms with Crippen LogP contribution >= 0.6 is 24.0 Å². The first-order chi connectivity index (χ1) is 13.7. The Bertz CT molecular complexity index is 952. The Morgan fingerprint density at radius 1 is 1.21 bits per heavy atom. The molecular formula is C21H24FIN6. The number of guanidine groups is 1. The summed E-state index contributed by atoms with van der Waals surface area (Å²) in [6.45, 7) is 1.26. The fourth-order valence-electron chi connectivity index (χ4n) is 3.31. The van der Waals surface area contributed by atoms with E-state index in [0.717, 1.165) is 29.8 Å². The molecular weight excluding hydrogens is 482 g/mol. The van der Waals surface area contributed by atoms with Crippen molar-refractivity contribution < 1.29 is 4.39 Å². The van der Waals surface area contributed by atoms with Gasteiger partial charge in [0.2, 0.25) is 0 Å². The van der Waals surface area contributed by atoms with E-state index < -0.39 is 0 Å². The minimum atomic E-state index is -0.131. The molecule has 8 heteroatoms. The predicted octanol–water partition coefficient (Wildman–Crippen LogP) is 3.42. The summed E-state index contributed by atoms with van der Waals surface area (Å²) in [5.41, 5.74) is 1.70. The largest absolute Gasteiger partial charge is 0.356 e. The normalized spacial score (nSPS) is 14.8. The van der Waals surface area contributed by atoms with Crippen LogP contribution in [0.5, 0.6) is 0 Å². The summed E-state index contributed by atoms with van der Waals surface area (Å²) in [6.07, 6.45) is 9.10. The molecule has 2 aromatic heterocycles. The molecule has 0 bridgehead atoms. The van der Waals surface area contributed by atoms with E-state index in [1.807, 2.05) is 41.2 Å². The summed E-state index contributed by atoms with van der Waals surface area (Å²) in [5, 5.41) is 6.63. The minimum absolute atomic E-state index is 0. The maximum atomic E-state index is 14.1. The van der Waals surface area contributed by atoms with Gasteiger partial charge in [-0.1, -0.05) is 24.3 Å². The van der Waals surface area contributed by atoms with Crippen molar-refractivity contribution in [3.63, 3.8) is 0 Å². The van der Waals surface area contributed by atoms with Crippen molar-refractivity contribution in [2.24, 2.45) is 4.99 Å². The van der Waals surface area contributed by atoms with Crippen LogP contribution in [0.25, 0.3) is 5.82 Å². The van der Waals surface area contributed by atoms with Gasteiger partial charge in [-0.2, -0.15) is 0 Å². The zero-order valence-electron chi connectivity index (χ0n) is 16.2. The summed E-state index contributed by atoms with van der Waals surface area (Å²) >= 11 is 0. The maximum Gasteiger partial charge on any atom is 0.191 e.